The maximum absolute atomic E-state index is 2.99. The molecule has 3 aromatic carbocycles. The van der Waals surface area contributed by atoms with Gasteiger partial charge >= 0.3 is 49.5 Å². The van der Waals surface area contributed by atoms with Crippen LogP contribution in [0.5, 0.6) is 0 Å². The van der Waals surface area contributed by atoms with Crippen LogP contribution in [0.3, 0.4) is 0 Å². The van der Waals surface area contributed by atoms with Gasteiger partial charge in [0.05, 0.1) is 0 Å². The van der Waals surface area contributed by atoms with Gasteiger partial charge in [-0.25, -0.2) is 12.2 Å². The number of rotatable bonds is 2. The Bertz CT molecular complexity index is 1120. The normalized spacial score (nSPS) is 19.4. The summed E-state index contributed by atoms with van der Waals surface area (Å²) in [5.74, 6) is 1.60. The van der Waals surface area contributed by atoms with Crippen LogP contribution in [-0.2, 0) is 20.0 Å². The summed E-state index contributed by atoms with van der Waals surface area (Å²) in [6, 6.07) is 17.0. The Morgan fingerprint density at radius 2 is 1.16 bits per heavy atom. The minimum absolute atomic E-state index is 0. The molecule has 3 aromatic rings. The maximum atomic E-state index is 2.99. The van der Waals surface area contributed by atoms with Crippen LogP contribution in [0.15, 0.2) is 60.7 Å². The van der Waals surface area contributed by atoms with E-state index in [-0.39, 0.29) is 24.8 Å². The number of hydrogen-bond acceptors (Lipinski definition) is 0. The summed E-state index contributed by atoms with van der Waals surface area (Å²) in [6.45, 7) is 0. The summed E-state index contributed by atoms with van der Waals surface area (Å²) in [7, 11) is 0. The number of halogens is 2. The van der Waals surface area contributed by atoms with Crippen molar-refractivity contribution in [3.8, 4) is 0 Å². The van der Waals surface area contributed by atoms with Gasteiger partial charge < -0.3 is 24.8 Å². The van der Waals surface area contributed by atoms with E-state index in [1.165, 1.54) is 111 Å². The first kappa shape index (κ1) is 31.5. The van der Waals surface area contributed by atoms with Crippen LogP contribution in [0.1, 0.15) is 119 Å². The topological polar surface area (TPSA) is 0 Å². The van der Waals surface area contributed by atoms with E-state index in [4.69, 9.17) is 0 Å². The second-order valence-corrected chi connectivity index (χ2v) is 12.4. The third-order valence-corrected chi connectivity index (χ3v) is 9.48. The molecule has 0 heterocycles. The van der Waals surface area contributed by atoms with Crippen LogP contribution in [0.4, 0.5) is 0 Å². The Kier molecular flexibility index (Phi) is 13.5. The molecule has 202 valence electrons. The standard InChI is InChI=1S/C25H29.C5H8.C5H5.2ClH.Ti/c1-3-7-18(8-4-1)20-11-13-24-22(15-20)17-23-16-21(12-14-25(23)24)19-9-5-2-6-10-19;2*1-2-4-5-3-1;;;/h11-19H,1-10H2;1-4H2;1-3H,4H2;2*1H;/q-1;;-1;;;+2/p-2. The third kappa shape index (κ3) is 8.48. The molecule has 38 heavy (non-hydrogen) atoms. The number of fused-ring (bicyclic) bond motifs is 3. The summed E-state index contributed by atoms with van der Waals surface area (Å²) in [5.41, 5.74) is 3.16. The monoisotopic (exact) mass is 580 g/mol. The molecule has 3 saturated carbocycles. The summed E-state index contributed by atoms with van der Waals surface area (Å²) in [5, 5.41) is 5.81. The molecule has 4 aliphatic rings. The first-order valence-electron chi connectivity index (χ1n) is 14.7. The Balaban J connectivity index is 0.000000257. The smallest absolute Gasteiger partial charge is 0.0232 e. The second kappa shape index (κ2) is 16.3. The SMILES string of the molecule is [C-]1=CC=CC1.[Cl-].[Cl-].[Ti+2]=[C]1CCCC1.c1cc2c(cc1C1CCCCC1)[cH-]c1cc(C3CCCCC3)ccc12. The molecule has 0 unspecified atom stereocenters. The van der Waals surface area contributed by atoms with E-state index in [2.05, 4.69) is 74.6 Å². The zero-order valence-corrected chi connectivity index (χ0v) is 25.9. The second-order valence-electron chi connectivity index (χ2n) is 11.3. The van der Waals surface area contributed by atoms with Crippen LogP contribution in [0.2, 0.25) is 0 Å². The molecule has 3 heteroatoms. The fourth-order valence-corrected chi connectivity index (χ4v) is 7.13. The van der Waals surface area contributed by atoms with Gasteiger partial charge in [-0.15, -0.1) is 46.2 Å². The molecule has 0 amide bonds. The van der Waals surface area contributed by atoms with Gasteiger partial charge in [-0.2, -0.15) is 6.08 Å². The predicted octanol–water partition coefficient (Wildman–Crippen LogP) is 4.40. The van der Waals surface area contributed by atoms with E-state index < -0.39 is 0 Å². The Morgan fingerprint density at radius 1 is 0.658 bits per heavy atom. The molecule has 0 N–H and O–H groups in total. The first-order chi connectivity index (χ1) is 17.8. The van der Waals surface area contributed by atoms with Gasteiger partial charge in [0, 0.05) is 0 Å². The molecule has 0 aliphatic heterocycles. The minimum Gasteiger partial charge on any atom is -0.126 e. The molecule has 7 rings (SSSR count). The van der Waals surface area contributed by atoms with Crippen molar-refractivity contribution in [3.05, 3.63) is 77.9 Å². The zero-order chi connectivity index (χ0) is 24.6. The van der Waals surface area contributed by atoms with Gasteiger partial charge in [-0.3, -0.25) is 6.08 Å². The van der Waals surface area contributed by atoms with Crippen molar-refractivity contribution in [2.24, 2.45) is 0 Å². The first-order valence-corrected chi connectivity index (χ1v) is 15.5. The molecule has 0 spiro atoms. The molecule has 0 radical (unpaired) electrons. The van der Waals surface area contributed by atoms with Crippen LogP contribution in [0, 0.1) is 6.08 Å². The summed E-state index contributed by atoms with van der Waals surface area (Å²) in [6.07, 6.45) is 29.8. The molecular weight excluding hydrogens is 539 g/mol. The summed E-state index contributed by atoms with van der Waals surface area (Å²) in [4.78, 5) is 0. The fraction of sp³-hybridized carbons (Fsp3) is 0.486. The number of allylic oxidation sites excluding steroid dienone is 4. The van der Waals surface area contributed by atoms with Crippen LogP contribution in [-0.4, -0.2) is 3.81 Å². The molecule has 0 atom stereocenters. The summed E-state index contributed by atoms with van der Waals surface area (Å²) < 4.78 is 1.70. The van der Waals surface area contributed by atoms with Gasteiger partial charge in [0.1, 0.15) is 0 Å². The molecule has 0 nitrogen and oxygen atoms in total. The molecule has 0 bridgehead atoms. The Hall–Kier alpha value is -1.05. The van der Waals surface area contributed by atoms with Crippen molar-refractivity contribution in [2.75, 3.05) is 0 Å². The van der Waals surface area contributed by atoms with Crippen LogP contribution in [0.25, 0.3) is 21.5 Å². The van der Waals surface area contributed by atoms with E-state index in [0.717, 1.165) is 18.3 Å². The van der Waals surface area contributed by atoms with Gasteiger partial charge in [-0.05, 0) is 37.5 Å². The largest absolute Gasteiger partial charge is 0.126 e. The van der Waals surface area contributed by atoms with Crippen LogP contribution < -0.4 is 24.8 Å². The van der Waals surface area contributed by atoms with Gasteiger partial charge in [0.25, 0.3) is 0 Å². The Labute approximate surface area is 254 Å². The fourth-order valence-electron chi connectivity index (χ4n) is 6.58. The van der Waals surface area contributed by atoms with Gasteiger partial charge in [0.15, 0.2) is 0 Å². The molecule has 3 fully saturated rings. The van der Waals surface area contributed by atoms with E-state index in [0.29, 0.717) is 0 Å². The van der Waals surface area contributed by atoms with Crippen molar-refractivity contribution in [3.63, 3.8) is 0 Å². The maximum Gasteiger partial charge on any atom is -0.0232 e. The van der Waals surface area contributed by atoms with Crippen molar-refractivity contribution < 1.29 is 44.8 Å². The average Bonchev–Trinajstić information content (AvgIpc) is 3.73. The Morgan fingerprint density at radius 3 is 1.50 bits per heavy atom. The van der Waals surface area contributed by atoms with Crippen LogP contribution >= 0.6 is 0 Å². The van der Waals surface area contributed by atoms with Crippen molar-refractivity contribution in [1.82, 2.24) is 0 Å². The molecule has 4 aliphatic carbocycles. The van der Waals surface area contributed by atoms with Crippen molar-refractivity contribution in [1.29, 1.82) is 0 Å². The molecular formula is C35H42Cl2Ti-2. The van der Waals surface area contributed by atoms with Crippen molar-refractivity contribution in [2.45, 2.75) is 108 Å². The minimum atomic E-state index is 0. The van der Waals surface area contributed by atoms with E-state index in [1.54, 1.807) is 14.9 Å². The summed E-state index contributed by atoms with van der Waals surface area (Å²) >= 11 is 2.26. The predicted molar refractivity (Wildman–Crippen MR) is 154 cm³/mol. The van der Waals surface area contributed by atoms with Crippen molar-refractivity contribution >= 4 is 25.4 Å². The van der Waals surface area contributed by atoms with E-state index >= 15 is 0 Å². The van der Waals surface area contributed by atoms with Gasteiger partial charge in [-0.1, -0.05) is 73.9 Å². The average molecular weight is 581 g/mol. The van der Waals surface area contributed by atoms with Gasteiger partial charge in [0.2, 0.25) is 0 Å². The number of hydrogen-bond donors (Lipinski definition) is 0. The molecule has 0 aromatic heterocycles. The quantitative estimate of drug-likeness (QED) is 0.311. The molecule has 0 saturated heterocycles. The van der Waals surface area contributed by atoms with E-state index in [1.807, 2.05) is 12.2 Å². The number of benzene rings is 2. The van der Waals surface area contributed by atoms with E-state index in [9.17, 15) is 0 Å². The zero-order valence-electron chi connectivity index (χ0n) is 22.8. The third-order valence-electron chi connectivity index (χ3n) is 8.70.